The van der Waals surface area contributed by atoms with Crippen molar-refractivity contribution in [3.8, 4) is 0 Å². The Morgan fingerprint density at radius 3 is 2.74 bits per heavy atom. The van der Waals surface area contributed by atoms with Crippen LogP contribution in [0.4, 0.5) is 17.1 Å². The molecule has 1 heterocycles. The van der Waals surface area contributed by atoms with Gasteiger partial charge in [0.2, 0.25) is 0 Å². The number of hydrogen-bond donors (Lipinski definition) is 5. The third kappa shape index (κ3) is 3.02. The van der Waals surface area contributed by atoms with Gasteiger partial charge in [-0.3, -0.25) is 20.3 Å². The standard InChI is InChI=1S/C15H15ClN4O3/c1-23-20-12-6-8(2-4-10(12)16)14-17-11-5-3-9(15(21)19-22)7-13(11)18-14/h2-7,14,17-18,20,22H,1H3,(H,19,21). The number of carbonyl (C=O) groups is 1. The summed E-state index contributed by atoms with van der Waals surface area (Å²) in [6, 6.07) is 10.6. The summed E-state index contributed by atoms with van der Waals surface area (Å²) in [6.07, 6.45) is -0.174. The highest BCUT2D eigenvalue weighted by Gasteiger charge is 2.22. The minimum atomic E-state index is -0.559. The van der Waals surface area contributed by atoms with Crippen molar-refractivity contribution in [2.45, 2.75) is 6.17 Å². The zero-order valence-electron chi connectivity index (χ0n) is 12.2. The molecule has 0 saturated heterocycles. The van der Waals surface area contributed by atoms with E-state index < -0.39 is 5.91 Å². The van der Waals surface area contributed by atoms with Crippen molar-refractivity contribution in [2.24, 2.45) is 0 Å². The molecular weight excluding hydrogens is 320 g/mol. The van der Waals surface area contributed by atoms with E-state index in [0.29, 0.717) is 16.3 Å². The van der Waals surface area contributed by atoms with Crippen LogP contribution in [0.2, 0.25) is 5.02 Å². The lowest BCUT2D eigenvalue weighted by molar-refractivity contribution is 0.0706. The topological polar surface area (TPSA) is 94.7 Å². The average molecular weight is 335 g/mol. The predicted molar refractivity (Wildman–Crippen MR) is 87.8 cm³/mol. The van der Waals surface area contributed by atoms with E-state index in [1.54, 1.807) is 29.7 Å². The molecule has 0 radical (unpaired) electrons. The maximum absolute atomic E-state index is 11.5. The number of halogens is 1. The van der Waals surface area contributed by atoms with Gasteiger partial charge in [0.25, 0.3) is 5.91 Å². The molecule has 1 atom stereocenters. The summed E-state index contributed by atoms with van der Waals surface area (Å²) < 4.78 is 0. The molecule has 0 aromatic heterocycles. The van der Waals surface area contributed by atoms with Crippen molar-refractivity contribution in [3.63, 3.8) is 0 Å². The second kappa shape index (κ2) is 6.33. The summed E-state index contributed by atoms with van der Waals surface area (Å²) in [5, 5.41) is 15.8. The Morgan fingerprint density at radius 1 is 1.22 bits per heavy atom. The first-order valence-corrected chi connectivity index (χ1v) is 7.20. The van der Waals surface area contributed by atoms with E-state index in [9.17, 15) is 4.79 Å². The highest BCUT2D eigenvalue weighted by molar-refractivity contribution is 6.33. The van der Waals surface area contributed by atoms with Crippen LogP contribution in [-0.2, 0) is 4.84 Å². The maximum Gasteiger partial charge on any atom is 0.274 e. The zero-order chi connectivity index (χ0) is 16.4. The fourth-order valence-corrected chi connectivity index (χ4v) is 2.58. The quantitative estimate of drug-likeness (QED) is 0.436. The van der Waals surface area contributed by atoms with E-state index in [4.69, 9.17) is 21.6 Å². The van der Waals surface area contributed by atoms with Crippen LogP contribution >= 0.6 is 11.6 Å². The predicted octanol–water partition coefficient (Wildman–Crippen LogP) is 2.97. The van der Waals surface area contributed by atoms with Crippen molar-refractivity contribution in [2.75, 3.05) is 23.2 Å². The number of anilines is 3. The van der Waals surface area contributed by atoms with Crippen LogP contribution in [0.15, 0.2) is 36.4 Å². The summed E-state index contributed by atoms with van der Waals surface area (Å²) in [6.45, 7) is 0. The molecule has 2 aromatic rings. The Hall–Kier alpha value is -2.48. The van der Waals surface area contributed by atoms with Gasteiger partial charge in [0.1, 0.15) is 6.17 Å². The largest absolute Gasteiger partial charge is 0.360 e. The number of fused-ring (bicyclic) bond motifs is 1. The molecular formula is C15H15ClN4O3. The molecule has 0 spiro atoms. The van der Waals surface area contributed by atoms with E-state index in [0.717, 1.165) is 16.9 Å². The van der Waals surface area contributed by atoms with Crippen LogP contribution in [0.5, 0.6) is 0 Å². The van der Waals surface area contributed by atoms with Gasteiger partial charge in [-0.05, 0) is 35.9 Å². The van der Waals surface area contributed by atoms with E-state index in [2.05, 4.69) is 16.1 Å². The van der Waals surface area contributed by atoms with E-state index in [1.165, 1.54) is 7.11 Å². The van der Waals surface area contributed by atoms with Gasteiger partial charge in [0.15, 0.2) is 0 Å². The number of amides is 1. The summed E-state index contributed by atoms with van der Waals surface area (Å²) >= 11 is 6.09. The molecule has 5 N–H and O–H groups in total. The van der Waals surface area contributed by atoms with Crippen LogP contribution in [-0.4, -0.2) is 18.2 Å². The molecule has 2 aromatic carbocycles. The SMILES string of the molecule is CONc1cc(C2Nc3ccc(C(=O)NO)cc3N2)ccc1Cl. The maximum atomic E-state index is 11.5. The number of rotatable bonds is 4. The van der Waals surface area contributed by atoms with Crippen LogP contribution < -0.4 is 21.6 Å². The van der Waals surface area contributed by atoms with Gasteiger partial charge in [-0.15, -0.1) is 0 Å². The van der Waals surface area contributed by atoms with E-state index in [1.807, 2.05) is 12.1 Å². The number of nitrogens with one attached hydrogen (secondary N) is 4. The third-order valence-electron chi connectivity index (χ3n) is 3.52. The molecule has 1 aliphatic rings. The van der Waals surface area contributed by atoms with Crippen LogP contribution in [0.1, 0.15) is 22.1 Å². The van der Waals surface area contributed by atoms with Crippen LogP contribution in [0.3, 0.4) is 0 Å². The molecule has 0 fully saturated rings. The molecule has 1 unspecified atom stereocenters. The second-order valence-corrected chi connectivity index (χ2v) is 5.38. The first-order chi connectivity index (χ1) is 11.1. The van der Waals surface area contributed by atoms with Gasteiger partial charge in [-0.25, -0.2) is 5.48 Å². The molecule has 0 bridgehead atoms. The van der Waals surface area contributed by atoms with Gasteiger partial charge < -0.3 is 10.6 Å². The number of hydroxylamine groups is 1. The molecule has 1 amide bonds. The monoisotopic (exact) mass is 334 g/mol. The molecule has 8 heteroatoms. The van der Waals surface area contributed by atoms with Gasteiger partial charge in [0.05, 0.1) is 29.2 Å². The Labute approximate surface area is 137 Å². The lowest BCUT2D eigenvalue weighted by Crippen LogP contribution is -2.18. The third-order valence-corrected chi connectivity index (χ3v) is 3.85. The molecule has 7 nitrogen and oxygen atoms in total. The molecule has 0 aliphatic carbocycles. The lowest BCUT2D eigenvalue weighted by Gasteiger charge is -2.15. The van der Waals surface area contributed by atoms with Crippen LogP contribution in [0, 0.1) is 0 Å². The van der Waals surface area contributed by atoms with E-state index >= 15 is 0 Å². The zero-order valence-corrected chi connectivity index (χ0v) is 12.9. The van der Waals surface area contributed by atoms with Gasteiger partial charge in [-0.1, -0.05) is 17.7 Å². The van der Waals surface area contributed by atoms with Crippen molar-refractivity contribution in [1.82, 2.24) is 5.48 Å². The van der Waals surface area contributed by atoms with Crippen LogP contribution in [0.25, 0.3) is 0 Å². The Kier molecular flexibility index (Phi) is 4.24. The van der Waals surface area contributed by atoms with Crippen molar-refractivity contribution in [1.29, 1.82) is 0 Å². The van der Waals surface area contributed by atoms with Gasteiger partial charge >= 0.3 is 0 Å². The average Bonchev–Trinajstić information content (AvgIpc) is 2.99. The second-order valence-electron chi connectivity index (χ2n) is 4.97. The summed E-state index contributed by atoms with van der Waals surface area (Å²) in [7, 11) is 1.51. The van der Waals surface area contributed by atoms with Gasteiger partial charge in [0, 0.05) is 5.56 Å². The summed E-state index contributed by atoms with van der Waals surface area (Å²) in [4.78, 5) is 16.4. The minimum Gasteiger partial charge on any atom is -0.360 e. The van der Waals surface area contributed by atoms with Crippen molar-refractivity contribution < 1.29 is 14.8 Å². The fraction of sp³-hybridized carbons (Fsp3) is 0.133. The normalized spacial score (nSPS) is 15.3. The van der Waals surface area contributed by atoms with E-state index in [-0.39, 0.29) is 6.17 Å². The molecule has 23 heavy (non-hydrogen) atoms. The number of carbonyl (C=O) groups excluding carboxylic acids is 1. The number of benzene rings is 2. The summed E-state index contributed by atoms with van der Waals surface area (Å²) in [5.74, 6) is -0.559. The Bertz CT molecular complexity index is 753. The van der Waals surface area contributed by atoms with Crippen molar-refractivity contribution >= 4 is 34.6 Å². The minimum absolute atomic E-state index is 0.174. The summed E-state index contributed by atoms with van der Waals surface area (Å²) in [5.41, 5.74) is 7.94. The molecule has 1 aliphatic heterocycles. The van der Waals surface area contributed by atoms with Crippen molar-refractivity contribution in [3.05, 3.63) is 52.5 Å². The fourth-order valence-electron chi connectivity index (χ4n) is 2.42. The molecule has 3 rings (SSSR count). The Morgan fingerprint density at radius 2 is 2.00 bits per heavy atom. The highest BCUT2D eigenvalue weighted by Crippen LogP contribution is 2.37. The molecule has 0 saturated carbocycles. The highest BCUT2D eigenvalue weighted by atomic mass is 35.5. The van der Waals surface area contributed by atoms with Gasteiger partial charge in [-0.2, -0.15) is 0 Å². The first kappa shape index (κ1) is 15.4. The first-order valence-electron chi connectivity index (χ1n) is 6.82. The Balaban J connectivity index is 1.84. The molecule has 120 valence electrons. The smallest absolute Gasteiger partial charge is 0.274 e. The number of hydrogen-bond acceptors (Lipinski definition) is 6. The lowest BCUT2D eigenvalue weighted by atomic mass is 10.1.